The molecule has 0 aliphatic carbocycles. The first-order valence-electron chi connectivity index (χ1n) is 8.99. The van der Waals surface area contributed by atoms with Gasteiger partial charge in [0.25, 0.3) is 5.69 Å². The third-order valence-electron chi connectivity index (χ3n) is 4.39. The molecule has 10 heteroatoms. The van der Waals surface area contributed by atoms with Crippen LogP contribution in [0.1, 0.15) is 25.0 Å². The second kappa shape index (κ2) is 9.85. The van der Waals surface area contributed by atoms with Crippen molar-refractivity contribution in [1.29, 1.82) is 10.5 Å². The van der Waals surface area contributed by atoms with E-state index >= 15 is 0 Å². The summed E-state index contributed by atoms with van der Waals surface area (Å²) >= 11 is 0. The van der Waals surface area contributed by atoms with Crippen LogP contribution in [0.2, 0.25) is 0 Å². The number of nitro groups is 1. The number of anilines is 1. The molecular weight excluding hydrogens is 388 g/mol. The van der Waals surface area contributed by atoms with Crippen molar-refractivity contribution in [2.24, 2.45) is 10.2 Å². The lowest BCUT2D eigenvalue weighted by atomic mass is 10.1. The maximum Gasteiger partial charge on any atom is 0.272 e. The van der Waals surface area contributed by atoms with Crippen LogP contribution in [-0.2, 0) is 0 Å². The van der Waals surface area contributed by atoms with Crippen molar-refractivity contribution in [2.75, 3.05) is 32.2 Å². The molecule has 2 aromatic carbocycles. The molecule has 0 saturated carbocycles. The predicted octanol–water partition coefficient (Wildman–Crippen LogP) is 4.62. The largest absolute Gasteiger partial charge is 0.494 e. The molecule has 0 radical (unpaired) electrons. The first kappa shape index (κ1) is 22.1. The van der Waals surface area contributed by atoms with Crippen LogP contribution >= 0.6 is 0 Å². The van der Waals surface area contributed by atoms with E-state index in [-0.39, 0.29) is 22.5 Å². The Hall–Kier alpha value is -4.18. The predicted molar refractivity (Wildman–Crippen MR) is 110 cm³/mol. The molecule has 0 atom stereocenters. The maximum atomic E-state index is 11.0. The van der Waals surface area contributed by atoms with Gasteiger partial charge in [-0.15, -0.1) is 10.2 Å². The molecule has 0 aliphatic rings. The van der Waals surface area contributed by atoms with E-state index < -0.39 is 4.92 Å². The number of ether oxygens (including phenoxy) is 2. The summed E-state index contributed by atoms with van der Waals surface area (Å²) in [5.41, 5.74) is 0.454. The molecule has 10 nitrogen and oxygen atoms in total. The van der Waals surface area contributed by atoms with E-state index in [1.165, 1.54) is 14.2 Å². The third-order valence-corrected chi connectivity index (χ3v) is 4.39. The molecule has 0 fully saturated rings. The number of azo groups is 1. The standard InChI is InChI=1S/C20H20N6O4/c1-5-25(6-2)17-10-18(29-3)16(9-19(17)30-4)23-24-20-13(11-21)7-15(26(27)28)8-14(20)12-22/h7-10H,5-6H2,1-4H3. The molecule has 0 aromatic heterocycles. The van der Waals surface area contributed by atoms with E-state index in [0.717, 1.165) is 30.9 Å². The van der Waals surface area contributed by atoms with Gasteiger partial charge in [-0.05, 0) is 13.8 Å². The minimum atomic E-state index is -0.678. The number of methoxy groups -OCH3 is 2. The number of nitriles is 2. The molecule has 0 aliphatic heterocycles. The van der Waals surface area contributed by atoms with Crippen molar-refractivity contribution >= 4 is 22.7 Å². The average molecular weight is 408 g/mol. The van der Waals surface area contributed by atoms with Crippen LogP contribution in [-0.4, -0.2) is 32.2 Å². The molecule has 0 N–H and O–H groups in total. The lowest BCUT2D eigenvalue weighted by Gasteiger charge is -2.24. The minimum absolute atomic E-state index is 0.0561. The fraction of sp³-hybridized carbons (Fsp3) is 0.300. The molecule has 154 valence electrons. The van der Waals surface area contributed by atoms with Crippen LogP contribution in [0.4, 0.5) is 22.7 Å². The Labute approximate surface area is 173 Å². The van der Waals surface area contributed by atoms with Crippen molar-refractivity contribution in [1.82, 2.24) is 0 Å². The van der Waals surface area contributed by atoms with E-state index in [1.807, 2.05) is 26.0 Å². The molecule has 0 unspecified atom stereocenters. The number of nitrogens with zero attached hydrogens (tertiary/aromatic N) is 6. The summed E-state index contributed by atoms with van der Waals surface area (Å²) in [5, 5.41) is 37.9. The zero-order valence-electron chi connectivity index (χ0n) is 17.0. The normalized spacial score (nSPS) is 10.3. The lowest BCUT2D eigenvalue weighted by molar-refractivity contribution is -0.384. The second-order valence-electron chi connectivity index (χ2n) is 5.94. The zero-order valence-corrected chi connectivity index (χ0v) is 17.0. The van der Waals surface area contributed by atoms with Crippen LogP contribution < -0.4 is 14.4 Å². The number of non-ortho nitro benzene ring substituents is 1. The van der Waals surface area contributed by atoms with Gasteiger partial charge in [-0.3, -0.25) is 10.1 Å². The summed E-state index contributed by atoms with van der Waals surface area (Å²) in [6.45, 7) is 5.56. The van der Waals surface area contributed by atoms with Crippen LogP contribution in [0.3, 0.4) is 0 Å². The highest BCUT2D eigenvalue weighted by Gasteiger charge is 2.18. The minimum Gasteiger partial charge on any atom is -0.494 e. The number of hydrogen-bond acceptors (Lipinski definition) is 9. The Morgan fingerprint density at radius 1 is 1.00 bits per heavy atom. The van der Waals surface area contributed by atoms with E-state index in [0.29, 0.717) is 17.2 Å². The molecule has 0 heterocycles. The summed E-state index contributed by atoms with van der Waals surface area (Å²) in [5.74, 6) is 0.971. The maximum absolute atomic E-state index is 11.0. The monoisotopic (exact) mass is 408 g/mol. The average Bonchev–Trinajstić information content (AvgIpc) is 2.77. The van der Waals surface area contributed by atoms with Crippen LogP contribution in [0, 0.1) is 32.8 Å². The highest BCUT2D eigenvalue weighted by molar-refractivity contribution is 5.71. The molecule has 30 heavy (non-hydrogen) atoms. The van der Waals surface area contributed by atoms with Gasteiger partial charge in [0.2, 0.25) is 0 Å². The summed E-state index contributed by atoms with van der Waals surface area (Å²) in [6, 6.07) is 9.15. The Kier molecular flexibility index (Phi) is 7.26. The van der Waals surface area contributed by atoms with E-state index in [4.69, 9.17) is 9.47 Å². The Balaban J connectivity index is 2.61. The van der Waals surface area contributed by atoms with Gasteiger partial charge in [0, 0.05) is 37.4 Å². The molecule has 0 saturated heterocycles. The van der Waals surface area contributed by atoms with Crippen LogP contribution in [0.25, 0.3) is 0 Å². The quantitative estimate of drug-likeness (QED) is 0.353. The molecule has 2 rings (SSSR count). The van der Waals surface area contributed by atoms with Gasteiger partial charge < -0.3 is 14.4 Å². The molecule has 0 bridgehead atoms. The number of hydrogen-bond donors (Lipinski definition) is 0. The van der Waals surface area contributed by atoms with Gasteiger partial charge in [0.15, 0.2) is 0 Å². The lowest BCUT2D eigenvalue weighted by Crippen LogP contribution is -2.22. The molecule has 0 amide bonds. The van der Waals surface area contributed by atoms with E-state index in [9.17, 15) is 20.6 Å². The fourth-order valence-corrected chi connectivity index (χ4v) is 2.86. The van der Waals surface area contributed by atoms with Crippen molar-refractivity contribution in [2.45, 2.75) is 13.8 Å². The summed E-state index contributed by atoms with van der Waals surface area (Å²) in [7, 11) is 3.02. The Bertz CT molecular complexity index is 1030. The highest BCUT2D eigenvalue weighted by Crippen LogP contribution is 2.41. The van der Waals surface area contributed by atoms with Gasteiger partial charge in [-0.1, -0.05) is 0 Å². The highest BCUT2D eigenvalue weighted by atomic mass is 16.6. The van der Waals surface area contributed by atoms with E-state index in [1.54, 1.807) is 12.1 Å². The van der Waals surface area contributed by atoms with Crippen molar-refractivity contribution in [3.63, 3.8) is 0 Å². The first-order valence-corrected chi connectivity index (χ1v) is 8.99. The van der Waals surface area contributed by atoms with Gasteiger partial charge >= 0.3 is 0 Å². The number of benzene rings is 2. The van der Waals surface area contributed by atoms with Gasteiger partial charge in [0.05, 0.1) is 36.0 Å². The number of rotatable bonds is 8. The first-order chi connectivity index (χ1) is 14.4. The molecule has 0 spiro atoms. The van der Waals surface area contributed by atoms with Gasteiger partial charge in [-0.2, -0.15) is 10.5 Å². The molecule has 2 aromatic rings. The van der Waals surface area contributed by atoms with Gasteiger partial charge in [0.1, 0.15) is 35.0 Å². The SMILES string of the molecule is CCN(CC)c1cc(OC)c(N=Nc2c(C#N)cc([N+](=O)[O-])cc2C#N)cc1OC. The third kappa shape index (κ3) is 4.45. The van der Waals surface area contributed by atoms with E-state index in [2.05, 4.69) is 15.1 Å². The van der Waals surface area contributed by atoms with Crippen molar-refractivity contribution in [3.05, 3.63) is 45.5 Å². The topological polar surface area (TPSA) is 137 Å². The van der Waals surface area contributed by atoms with Crippen molar-refractivity contribution in [3.8, 4) is 23.6 Å². The number of nitro benzene ring substituents is 1. The summed E-state index contributed by atoms with van der Waals surface area (Å²) in [4.78, 5) is 12.4. The van der Waals surface area contributed by atoms with Crippen LogP contribution in [0.5, 0.6) is 11.5 Å². The Morgan fingerprint density at radius 3 is 2.00 bits per heavy atom. The Morgan fingerprint density at radius 2 is 1.57 bits per heavy atom. The fourth-order valence-electron chi connectivity index (χ4n) is 2.86. The van der Waals surface area contributed by atoms with Crippen molar-refractivity contribution < 1.29 is 14.4 Å². The van der Waals surface area contributed by atoms with Gasteiger partial charge in [-0.25, -0.2) is 0 Å². The van der Waals surface area contributed by atoms with Crippen LogP contribution in [0.15, 0.2) is 34.5 Å². The zero-order chi connectivity index (χ0) is 22.3. The second-order valence-corrected chi connectivity index (χ2v) is 5.94. The smallest absolute Gasteiger partial charge is 0.272 e. The summed E-state index contributed by atoms with van der Waals surface area (Å²) in [6.07, 6.45) is 0. The summed E-state index contributed by atoms with van der Waals surface area (Å²) < 4.78 is 10.9. The molecular formula is C20H20N6O4.